The molecule has 2 heteroatoms. The fourth-order valence-corrected chi connectivity index (χ4v) is 1.25. The van der Waals surface area contributed by atoms with E-state index in [1.807, 2.05) is 6.92 Å². The van der Waals surface area contributed by atoms with E-state index in [9.17, 15) is 0 Å². The van der Waals surface area contributed by atoms with Gasteiger partial charge in [0.25, 0.3) is 0 Å². The van der Waals surface area contributed by atoms with Crippen molar-refractivity contribution in [2.24, 2.45) is 11.8 Å². The van der Waals surface area contributed by atoms with Gasteiger partial charge in [0.1, 0.15) is 0 Å². The molecule has 9 heavy (non-hydrogen) atoms. The zero-order valence-corrected chi connectivity index (χ0v) is 6.00. The molecule has 1 aliphatic rings. The van der Waals surface area contributed by atoms with Gasteiger partial charge in [-0.05, 0) is 12.3 Å². The third-order valence-electron chi connectivity index (χ3n) is 1.81. The first kappa shape index (κ1) is 7.03. The van der Waals surface area contributed by atoms with Crippen LogP contribution < -0.4 is 0 Å². The largest absolute Gasteiger partial charge is 0.368 e. The quantitative estimate of drug-likeness (QED) is 0.530. The highest BCUT2D eigenvalue weighted by atomic mass is 16.6. The summed E-state index contributed by atoms with van der Waals surface area (Å²) < 4.78 is 5.06. The normalized spacial score (nSPS) is 45.0. The van der Waals surface area contributed by atoms with Gasteiger partial charge in [0.05, 0.1) is 6.61 Å². The van der Waals surface area contributed by atoms with Crippen molar-refractivity contribution in [3.05, 3.63) is 0 Å². The molecule has 0 aromatic carbocycles. The summed E-state index contributed by atoms with van der Waals surface area (Å²) in [6.45, 7) is 4.87. The van der Waals surface area contributed by atoms with E-state index in [2.05, 4.69) is 6.92 Å². The second kappa shape index (κ2) is 2.67. The summed E-state index contributed by atoms with van der Waals surface area (Å²) in [5, 5.41) is 9.07. The fourth-order valence-electron chi connectivity index (χ4n) is 1.25. The molecular weight excluding hydrogens is 116 g/mol. The maximum absolute atomic E-state index is 9.07. The van der Waals surface area contributed by atoms with Crippen molar-refractivity contribution in [1.29, 1.82) is 0 Å². The standard InChI is InChI=1S/C7H14O2/c1-5-3-6(2)7(8)9-4-5/h5-8H,3-4H2,1-2H3/t5-,6+,7?/m1/s1. The summed E-state index contributed by atoms with van der Waals surface area (Å²) in [5.41, 5.74) is 0. The van der Waals surface area contributed by atoms with Crippen LogP contribution in [0.3, 0.4) is 0 Å². The first-order chi connectivity index (χ1) is 4.20. The van der Waals surface area contributed by atoms with Crippen LogP contribution in [0.5, 0.6) is 0 Å². The second-order valence-electron chi connectivity index (χ2n) is 3.04. The fraction of sp³-hybridized carbons (Fsp3) is 1.00. The van der Waals surface area contributed by atoms with E-state index in [-0.39, 0.29) is 0 Å². The summed E-state index contributed by atoms with van der Waals surface area (Å²) in [6.07, 6.45) is 0.572. The van der Waals surface area contributed by atoms with Crippen molar-refractivity contribution in [2.45, 2.75) is 26.6 Å². The molecule has 0 amide bonds. The molecule has 0 spiro atoms. The van der Waals surface area contributed by atoms with Crippen molar-refractivity contribution in [1.82, 2.24) is 0 Å². The average molecular weight is 130 g/mol. The second-order valence-corrected chi connectivity index (χ2v) is 3.04. The van der Waals surface area contributed by atoms with E-state index in [4.69, 9.17) is 9.84 Å². The monoisotopic (exact) mass is 130 g/mol. The lowest BCUT2D eigenvalue weighted by molar-refractivity contribution is -0.168. The average Bonchev–Trinajstić information content (AvgIpc) is 1.80. The Labute approximate surface area is 55.8 Å². The summed E-state index contributed by atoms with van der Waals surface area (Å²) in [5.74, 6) is 0.928. The summed E-state index contributed by atoms with van der Waals surface area (Å²) in [6, 6.07) is 0. The molecule has 54 valence electrons. The van der Waals surface area contributed by atoms with Crippen LogP contribution in [0.1, 0.15) is 20.3 Å². The van der Waals surface area contributed by atoms with Crippen LogP contribution in [0.25, 0.3) is 0 Å². The van der Waals surface area contributed by atoms with Gasteiger partial charge in [0.2, 0.25) is 0 Å². The van der Waals surface area contributed by atoms with E-state index < -0.39 is 6.29 Å². The Hall–Kier alpha value is -0.0800. The molecule has 0 radical (unpaired) electrons. The van der Waals surface area contributed by atoms with Crippen molar-refractivity contribution >= 4 is 0 Å². The van der Waals surface area contributed by atoms with Gasteiger partial charge in [-0.3, -0.25) is 0 Å². The predicted octanol–water partition coefficient (Wildman–Crippen LogP) is 0.997. The van der Waals surface area contributed by atoms with E-state index in [1.165, 1.54) is 0 Å². The third kappa shape index (κ3) is 1.66. The van der Waals surface area contributed by atoms with Gasteiger partial charge < -0.3 is 9.84 Å². The minimum atomic E-state index is -0.513. The van der Waals surface area contributed by atoms with Crippen molar-refractivity contribution in [3.8, 4) is 0 Å². The Bertz CT molecular complexity index is 92.9. The Kier molecular flexibility index (Phi) is 2.09. The molecule has 1 fully saturated rings. The molecule has 0 bridgehead atoms. The number of aliphatic hydroxyl groups is 1. The smallest absolute Gasteiger partial charge is 0.157 e. The minimum absolute atomic E-state index is 0.314. The zero-order chi connectivity index (χ0) is 6.85. The van der Waals surface area contributed by atoms with Gasteiger partial charge in [-0.1, -0.05) is 13.8 Å². The highest BCUT2D eigenvalue weighted by Gasteiger charge is 2.23. The highest BCUT2D eigenvalue weighted by molar-refractivity contribution is 4.66. The van der Waals surface area contributed by atoms with Crippen molar-refractivity contribution < 1.29 is 9.84 Å². The SMILES string of the molecule is C[C@H]1COC(O)[C@@H](C)C1. The van der Waals surface area contributed by atoms with Crippen molar-refractivity contribution in [3.63, 3.8) is 0 Å². The van der Waals surface area contributed by atoms with Crippen LogP contribution in [-0.2, 0) is 4.74 Å². The maximum atomic E-state index is 9.07. The Morgan fingerprint density at radius 2 is 2.11 bits per heavy atom. The molecular formula is C7H14O2. The van der Waals surface area contributed by atoms with Gasteiger partial charge in [0.15, 0.2) is 6.29 Å². The molecule has 0 aromatic rings. The van der Waals surface area contributed by atoms with E-state index in [0.717, 1.165) is 6.42 Å². The topological polar surface area (TPSA) is 29.5 Å². The van der Waals surface area contributed by atoms with Crippen LogP contribution in [0.4, 0.5) is 0 Å². The van der Waals surface area contributed by atoms with E-state index >= 15 is 0 Å². The first-order valence-electron chi connectivity index (χ1n) is 3.50. The zero-order valence-electron chi connectivity index (χ0n) is 6.00. The van der Waals surface area contributed by atoms with Crippen LogP contribution >= 0.6 is 0 Å². The van der Waals surface area contributed by atoms with E-state index in [1.54, 1.807) is 0 Å². The highest BCUT2D eigenvalue weighted by Crippen LogP contribution is 2.22. The number of aliphatic hydroxyl groups excluding tert-OH is 1. The molecule has 1 aliphatic heterocycles. The number of ether oxygens (including phenoxy) is 1. The molecule has 1 unspecified atom stereocenters. The van der Waals surface area contributed by atoms with Gasteiger partial charge in [-0.15, -0.1) is 0 Å². The van der Waals surface area contributed by atoms with Gasteiger partial charge in [-0.2, -0.15) is 0 Å². The first-order valence-corrected chi connectivity index (χ1v) is 3.50. The van der Waals surface area contributed by atoms with Gasteiger partial charge >= 0.3 is 0 Å². The maximum Gasteiger partial charge on any atom is 0.157 e. The van der Waals surface area contributed by atoms with Crippen molar-refractivity contribution in [2.75, 3.05) is 6.61 Å². The predicted molar refractivity (Wildman–Crippen MR) is 34.9 cm³/mol. The summed E-state index contributed by atoms with van der Waals surface area (Å²) in [4.78, 5) is 0. The van der Waals surface area contributed by atoms with Crippen LogP contribution in [0, 0.1) is 11.8 Å². The summed E-state index contributed by atoms with van der Waals surface area (Å²) in [7, 11) is 0. The van der Waals surface area contributed by atoms with E-state index in [0.29, 0.717) is 18.4 Å². The lowest BCUT2D eigenvalue weighted by Gasteiger charge is -2.28. The Morgan fingerprint density at radius 1 is 1.44 bits per heavy atom. The lowest BCUT2D eigenvalue weighted by Crippen LogP contribution is -2.31. The molecule has 2 nitrogen and oxygen atoms in total. The number of rotatable bonds is 0. The lowest BCUT2D eigenvalue weighted by atomic mass is 9.95. The molecule has 1 saturated heterocycles. The molecule has 1 N–H and O–H groups in total. The molecule has 1 rings (SSSR count). The van der Waals surface area contributed by atoms with Crippen LogP contribution in [0.15, 0.2) is 0 Å². The molecule has 0 saturated carbocycles. The molecule has 3 atom stereocenters. The van der Waals surface area contributed by atoms with Crippen LogP contribution in [0.2, 0.25) is 0 Å². The third-order valence-corrected chi connectivity index (χ3v) is 1.81. The number of hydrogen-bond acceptors (Lipinski definition) is 2. The van der Waals surface area contributed by atoms with Crippen LogP contribution in [-0.4, -0.2) is 18.0 Å². The Balaban J connectivity index is 2.35. The number of hydrogen-bond donors (Lipinski definition) is 1. The summed E-state index contributed by atoms with van der Waals surface area (Å²) >= 11 is 0. The molecule has 0 aromatic heterocycles. The molecule has 0 aliphatic carbocycles. The Morgan fingerprint density at radius 3 is 2.56 bits per heavy atom. The minimum Gasteiger partial charge on any atom is -0.368 e. The van der Waals surface area contributed by atoms with Gasteiger partial charge in [-0.25, -0.2) is 0 Å². The molecule has 1 heterocycles. The van der Waals surface area contributed by atoms with Gasteiger partial charge in [0, 0.05) is 5.92 Å².